The molecule has 0 amide bonds. The largest absolute Gasteiger partial charge is 2.00 e. The van der Waals surface area contributed by atoms with E-state index in [9.17, 15) is 0 Å². The first-order valence-electron chi connectivity index (χ1n) is 29.0. The van der Waals surface area contributed by atoms with Crippen molar-refractivity contribution in [2.24, 2.45) is 0 Å². The summed E-state index contributed by atoms with van der Waals surface area (Å²) in [5, 5.41) is 17.9. The molecule has 8 heteroatoms. The summed E-state index contributed by atoms with van der Waals surface area (Å²) in [5.74, 6) is 0. The summed E-state index contributed by atoms with van der Waals surface area (Å²) in [6, 6.07) is 54.6. The minimum Gasteiger partial charge on any atom is -1.00 e. The third-order valence-electron chi connectivity index (χ3n) is 14.1. The minimum atomic E-state index is 0. The predicted octanol–water partition coefficient (Wildman–Crippen LogP) is 15.1. The van der Waals surface area contributed by atoms with Crippen LogP contribution in [0.1, 0.15) is 158 Å². The van der Waals surface area contributed by atoms with Crippen molar-refractivity contribution in [3.63, 3.8) is 0 Å². The molecule has 0 N–H and O–H groups in total. The van der Waals surface area contributed by atoms with Crippen LogP contribution in [0, 0.1) is 0 Å². The number of unbranched alkanes of at least 4 members (excludes halogenated alkanes) is 8. The Labute approximate surface area is 512 Å². The zero-order valence-corrected chi connectivity index (χ0v) is 56.6. The fourth-order valence-electron chi connectivity index (χ4n) is 9.54. The summed E-state index contributed by atoms with van der Waals surface area (Å²) < 4.78 is 0. The van der Waals surface area contributed by atoms with E-state index in [-0.39, 0.29) is 99.9 Å². The Kier molecular flexibility index (Phi) is 42.0. The molecule has 0 unspecified atom stereocenters. The summed E-state index contributed by atoms with van der Waals surface area (Å²) in [6.07, 6.45) is 33.0. The molecule has 76 heavy (non-hydrogen) atoms. The number of hydrogen-bond acceptors (Lipinski definition) is 0. The van der Waals surface area contributed by atoms with Gasteiger partial charge >= 0.3 is 43.4 Å². The fourth-order valence-corrected chi connectivity index (χ4v) is 20.7. The van der Waals surface area contributed by atoms with Crippen LogP contribution in [0.5, 0.6) is 0 Å². The van der Waals surface area contributed by atoms with Gasteiger partial charge in [0.2, 0.25) is 0 Å². The van der Waals surface area contributed by atoms with Gasteiger partial charge in [0, 0.05) is 0 Å². The van der Waals surface area contributed by atoms with E-state index in [0.717, 1.165) is 0 Å². The molecule has 0 aliphatic carbocycles. The van der Waals surface area contributed by atoms with Gasteiger partial charge in [-0.05, 0) is 101 Å². The van der Waals surface area contributed by atoms with Crippen molar-refractivity contribution in [1.29, 1.82) is 0 Å². The van der Waals surface area contributed by atoms with Gasteiger partial charge in [0.05, 0.1) is 0 Å². The molecule has 0 spiro atoms. The van der Waals surface area contributed by atoms with Crippen molar-refractivity contribution in [2.75, 3.05) is 49.3 Å². The molecule has 0 nitrogen and oxygen atoms in total. The molecule has 8 rings (SSSR count). The Bertz CT molecular complexity index is 2100. The zero-order chi connectivity index (χ0) is 51.2. The average Bonchev–Trinajstić information content (AvgIpc) is 4.24. The Morgan fingerprint density at radius 2 is 0.421 bits per heavy atom. The van der Waals surface area contributed by atoms with Gasteiger partial charge in [-0.3, -0.25) is 0 Å². The van der Waals surface area contributed by atoms with E-state index in [4.69, 9.17) is 0 Å². The van der Waals surface area contributed by atoms with Crippen molar-refractivity contribution in [3.05, 3.63) is 146 Å². The summed E-state index contributed by atoms with van der Waals surface area (Å²) in [6.45, 7) is 18.4. The zero-order valence-electron chi connectivity index (χ0n) is 48.4. The van der Waals surface area contributed by atoms with Gasteiger partial charge in [-0.15, -0.1) is 161 Å². The number of benzene rings is 4. The molecule has 8 aromatic carbocycles. The first kappa shape index (κ1) is 73.1. The van der Waals surface area contributed by atoms with Crippen LogP contribution in [0.25, 0.3) is 43.1 Å². The molecule has 0 saturated heterocycles. The smallest absolute Gasteiger partial charge is 1.00 e. The number of fused-ring (bicyclic) bond motifs is 4. The van der Waals surface area contributed by atoms with Gasteiger partial charge < -0.3 is 24.8 Å². The molecule has 0 radical (unpaired) electrons. The number of hydrogen-bond donors (Lipinski definition) is 0. The fraction of sp³-hybridized carbons (Fsp3) is 0.471. The van der Waals surface area contributed by atoms with Crippen LogP contribution in [-0.4, -0.2) is 49.3 Å². The second-order valence-electron chi connectivity index (χ2n) is 20.1. The predicted molar refractivity (Wildman–Crippen MR) is 343 cm³/mol. The molecule has 0 atom stereocenters. The van der Waals surface area contributed by atoms with Crippen molar-refractivity contribution >= 4 is 96.0 Å². The van der Waals surface area contributed by atoms with Gasteiger partial charge in [0.1, 0.15) is 0 Å². The van der Waals surface area contributed by atoms with Crippen molar-refractivity contribution in [2.45, 2.75) is 158 Å². The molecule has 0 heterocycles. The van der Waals surface area contributed by atoms with Crippen molar-refractivity contribution in [3.8, 4) is 0 Å². The van der Waals surface area contributed by atoms with E-state index in [1.165, 1.54) is 195 Å². The molecule has 0 fully saturated rings. The molecule has 412 valence electrons. The summed E-state index contributed by atoms with van der Waals surface area (Å²) >= 11 is 0. The second-order valence-corrected chi connectivity index (χ2v) is 30.1. The summed E-state index contributed by atoms with van der Waals surface area (Å²) in [4.78, 5) is 0. The molecule has 0 saturated carbocycles. The van der Waals surface area contributed by atoms with E-state index in [2.05, 4.69) is 201 Å². The van der Waals surface area contributed by atoms with Gasteiger partial charge in [0.25, 0.3) is 0 Å². The summed E-state index contributed by atoms with van der Waals surface area (Å²) in [5.41, 5.74) is 0. The second kappa shape index (κ2) is 43.7. The van der Waals surface area contributed by atoms with E-state index >= 15 is 0 Å². The van der Waals surface area contributed by atoms with Crippen LogP contribution in [-0.2, 0) is 43.4 Å². The first-order valence-corrected chi connectivity index (χ1v) is 35.9. The molecule has 0 bridgehead atoms. The maximum atomic E-state index is 2.44. The van der Waals surface area contributed by atoms with Crippen LogP contribution in [0.15, 0.2) is 146 Å². The van der Waals surface area contributed by atoms with Gasteiger partial charge in [0.15, 0.2) is 0 Å². The maximum absolute atomic E-state index is 2.44. The van der Waals surface area contributed by atoms with Crippen molar-refractivity contribution in [1.82, 2.24) is 0 Å². The average molecular weight is 1200 g/mol. The molecule has 0 aromatic heterocycles. The maximum Gasteiger partial charge on any atom is 2.00 e. The van der Waals surface area contributed by atoms with Crippen LogP contribution in [0.2, 0.25) is 0 Å². The van der Waals surface area contributed by atoms with Gasteiger partial charge in [-0.25, -0.2) is 0 Å². The van der Waals surface area contributed by atoms with E-state index in [0.29, 0.717) is 0 Å². The molecular formula is C68H96Cl2P4Ti2-2. The molecule has 0 aliphatic rings. The monoisotopic (exact) mass is 1200 g/mol. The molecule has 0 aliphatic heterocycles. The Morgan fingerprint density at radius 3 is 0.566 bits per heavy atom. The Morgan fingerprint density at radius 1 is 0.263 bits per heavy atom. The topological polar surface area (TPSA) is 0 Å². The normalized spacial score (nSPS) is 10.9. The van der Waals surface area contributed by atoms with E-state index < -0.39 is 0 Å². The Balaban J connectivity index is 0.000000498. The van der Waals surface area contributed by atoms with Crippen LogP contribution in [0.4, 0.5) is 0 Å². The van der Waals surface area contributed by atoms with Gasteiger partial charge in [-0.2, -0.15) is 24.3 Å². The third-order valence-corrected chi connectivity index (χ3v) is 24.9. The Hall–Kier alpha value is -0.951. The first-order chi connectivity index (χ1) is 35.4. The van der Waals surface area contributed by atoms with Crippen molar-refractivity contribution < 1.29 is 68.2 Å². The SMILES string of the molecule is CCCCP(CCCC)c1cc2ccccc2[cH-]1.CCCCP(CCCC)c1cc2ccccc2[cH-]1.CCCCP(CCCC)c1cc2ccccc2[cH-]1.CCCCP(CCCC)c1cc2ccccc2[cH-]1.[Cl-].[Cl-].[Ti+2].[Ti+2]. The number of rotatable bonds is 28. The molecular weight excluding hydrogens is 1110 g/mol. The minimum absolute atomic E-state index is 0. The third kappa shape index (κ3) is 25.0. The van der Waals surface area contributed by atoms with E-state index in [1.54, 1.807) is 21.2 Å². The summed E-state index contributed by atoms with van der Waals surface area (Å²) in [7, 11) is 0.343. The van der Waals surface area contributed by atoms with E-state index in [1.807, 2.05) is 0 Å². The van der Waals surface area contributed by atoms with Crippen LogP contribution < -0.4 is 46.0 Å². The van der Waals surface area contributed by atoms with Gasteiger partial charge in [-0.1, -0.05) is 163 Å². The molecule has 8 aromatic rings. The standard InChI is InChI=1S/4C17H24P.2ClH.2Ti/c4*1-3-5-11-18(12-6-4-2)17-13-15-9-7-8-10-16(15)14-17;;;;/h4*7-10,13-14H,3-6,11-12H2,1-2H3;2*1H;;/q4*-1;;;2*+2/p-2. The quantitative estimate of drug-likeness (QED) is 0.0260. The number of halogens is 2. The van der Waals surface area contributed by atoms with Crippen LogP contribution in [0.3, 0.4) is 0 Å². The van der Waals surface area contributed by atoms with Crippen LogP contribution >= 0.6 is 31.7 Å².